The van der Waals surface area contributed by atoms with Gasteiger partial charge in [0.25, 0.3) is 0 Å². The molecular weight excluding hydrogens is 700 g/mol. The third-order valence-electron chi connectivity index (χ3n) is 9.21. The molecule has 0 radical (unpaired) electrons. The number of hydrogen-bond donors (Lipinski definition) is 3. The lowest BCUT2D eigenvalue weighted by Gasteiger charge is -2.46. The summed E-state index contributed by atoms with van der Waals surface area (Å²) in [5.74, 6) is -6.53. The van der Waals surface area contributed by atoms with Crippen molar-refractivity contribution in [2.75, 3.05) is 13.7 Å². The average molecular weight is 743 g/mol. The number of aromatic nitrogens is 1. The van der Waals surface area contributed by atoms with E-state index in [1.165, 1.54) is 13.2 Å². The zero-order valence-electron chi connectivity index (χ0n) is 29.7. The monoisotopic (exact) mass is 742 g/mol. The first kappa shape index (κ1) is 39.0. The van der Waals surface area contributed by atoms with Gasteiger partial charge in [-0.05, 0) is 18.1 Å². The maximum Gasteiger partial charge on any atom is 0.337 e. The van der Waals surface area contributed by atoms with Crippen molar-refractivity contribution in [1.82, 2.24) is 10.3 Å². The van der Waals surface area contributed by atoms with E-state index < -0.39 is 103 Å². The number of rotatable bonds is 12. The minimum atomic E-state index is -1.60. The van der Waals surface area contributed by atoms with Crippen LogP contribution in [0.3, 0.4) is 0 Å². The fraction of sp³-hybridized carbons (Fsp3) is 0.500. The summed E-state index contributed by atoms with van der Waals surface area (Å²) < 4.78 is 45.1. The Morgan fingerprint density at radius 2 is 1.58 bits per heavy atom. The molecule has 0 amide bonds. The molecule has 1 aromatic carbocycles. The Labute approximate surface area is 303 Å². The molecule has 3 aliphatic heterocycles. The van der Waals surface area contributed by atoms with E-state index in [1.807, 2.05) is 24.3 Å². The van der Waals surface area contributed by atoms with Crippen LogP contribution in [0, 0.1) is 11.8 Å². The lowest BCUT2D eigenvalue weighted by molar-refractivity contribution is -0.342. The standard InChI is InChI=1S/C36H42N2O15/c1-7-20-22(12-26-29-23(13-27(37-26)33(43)44)21-10-8-9-11-25(21)38-29)24(34(45)46-6)14-48-35(20)53-36-32(51-19(5)42)31(50-18(4)41)30(49-17(3)40)28(52-36)15-47-16(2)39/h7-11,14,20,22,26-28,30-32,35-38H,1,12-13,15H2,2-6H3,(H,43,44)/t20-,22+,26+,27+,28-,30-,31+,32-,35+,36+/m1/s1. The summed E-state index contributed by atoms with van der Waals surface area (Å²) in [4.78, 5) is 77.5. The Bertz CT molecular complexity index is 1780. The number of carboxylic acid groups (broad SMARTS) is 1. The van der Waals surface area contributed by atoms with Crippen LogP contribution >= 0.6 is 0 Å². The first-order chi connectivity index (χ1) is 25.2. The summed E-state index contributed by atoms with van der Waals surface area (Å²) in [6.07, 6.45) is -5.65. The van der Waals surface area contributed by atoms with E-state index in [4.69, 9.17) is 37.9 Å². The molecule has 3 aliphatic rings. The molecule has 3 N–H and O–H groups in total. The maximum atomic E-state index is 13.2. The highest BCUT2D eigenvalue weighted by Crippen LogP contribution is 2.43. The van der Waals surface area contributed by atoms with Gasteiger partial charge in [-0.1, -0.05) is 24.3 Å². The normalized spacial score (nSPS) is 29.3. The molecule has 0 unspecified atom stereocenters. The fourth-order valence-corrected chi connectivity index (χ4v) is 7.07. The van der Waals surface area contributed by atoms with Gasteiger partial charge in [0.2, 0.25) is 12.6 Å². The number of carboxylic acids is 1. The van der Waals surface area contributed by atoms with Crippen LogP contribution in [-0.2, 0) is 73.1 Å². The zero-order chi connectivity index (χ0) is 38.6. The van der Waals surface area contributed by atoms with Gasteiger partial charge in [-0.15, -0.1) is 6.58 Å². The molecule has 53 heavy (non-hydrogen) atoms. The molecule has 10 atom stereocenters. The largest absolute Gasteiger partial charge is 0.480 e. The van der Waals surface area contributed by atoms with Crippen LogP contribution in [0.15, 0.2) is 48.8 Å². The van der Waals surface area contributed by atoms with E-state index in [9.17, 15) is 33.9 Å². The number of aromatic amines is 1. The molecule has 1 aromatic heterocycles. The molecule has 5 rings (SSSR count). The number of H-pyrrole nitrogens is 1. The molecule has 17 heteroatoms. The Balaban J connectivity index is 1.52. The van der Waals surface area contributed by atoms with Gasteiger partial charge in [-0.2, -0.15) is 0 Å². The molecule has 1 saturated heterocycles. The summed E-state index contributed by atoms with van der Waals surface area (Å²) >= 11 is 0. The van der Waals surface area contributed by atoms with Crippen molar-refractivity contribution in [2.45, 2.75) is 89.6 Å². The van der Waals surface area contributed by atoms with Gasteiger partial charge >= 0.3 is 35.8 Å². The SMILES string of the molecule is C=C[C@H]1[C@H](O[C@@H]2O[C@H](COC(C)=O)[C@@H](OC(C)=O)[C@H](OC(C)=O)[C@H]2OC(C)=O)OC=C(C(=O)OC)[C@H]1C[C@@H]1N[C@H](C(=O)O)Cc2c1[nH]c1ccccc21. The number of hydrogen-bond acceptors (Lipinski definition) is 15. The Hall–Kier alpha value is -5.26. The number of methoxy groups -OCH3 is 1. The van der Waals surface area contributed by atoms with Gasteiger partial charge in [-0.3, -0.25) is 29.3 Å². The summed E-state index contributed by atoms with van der Waals surface area (Å²) in [6, 6.07) is 5.97. The fourth-order valence-electron chi connectivity index (χ4n) is 7.07. The highest BCUT2D eigenvalue weighted by molar-refractivity contribution is 5.89. The second-order valence-corrected chi connectivity index (χ2v) is 12.8. The van der Waals surface area contributed by atoms with Gasteiger partial charge in [0.05, 0.1) is 18.9 Å². The summed E-state index contributed by atoms with van der Waals surface area (Å²) in [6.45, 7) is 7.94. The van der Waals surface area contributed by atoms with E-state index in [1.54, 1.807) is 0 Å². The lowest BCUT2D eigenvalue weighted by atomic mass is 9.77. The van der Waals surface area contributed by atoms with Gasteiger partial charge in [0, 0.05) is 68.6 Å². The number of nitrogens with one attached hydrogen (secondary N) is 2. The molecule has 0 spiro atoms. The molecule has 0 bridgehead atoms. The van der Waals surface area contributed by atoms with E-state index in [0.29, 0.717) is 0 Å². The van der Waals surface area contributed by atoms with Crippen molar-refractivity contribution in [3.05, 3.63) is 60.0 Å². The molecule has 1 fully saturated rings. The second kappa shape index (κ2) is 16.6. The lowest BCUT2D eigenvalue weighted by Crippen LogP contribution is -2.63. The van der Waals surface area contributed by atoms with Crippen LogP contribution in [0.5, 0.6) is 0 Å². The van der Waals surface area contributed by atoms with Crippen LogP contribution in [-0.4, -0.2) is 103 Å². The second-order valence-electron chi connectivity index (χ2n) is 12.8. The van der Waals surface area contributed by atoms with E-state index in [0.717, 1.165) is 56.1 Å². The van der Waals surface area contributed by atoms with Crippen LogP contribution in [0.1, 0.15) is 51.4 Å². The smallest absolute Gasteiger partial charge is 0.337 e. The number of esters is 5. The van der Waals surface area contributed by atoms with E-state index in [2.05, 4.69) is 16.9 Å². The van der Waals surface area contributed by atoms with Gasteiger partial charge in [0.1, 0.15) is 18.8 Å². The van der Waals surface area contributed by atoms with Crippen LogP contribution in [0.4, 0.5) is 0 Å². The highest BCUT2D eigenvalue weighted by atomic mass is 16.8. The van der Waals surface area contributed by atoms with Crippen LogP contribution < -0.4 is 5.32 Å². The number of ether oxygens (including phenoxy) is 8. The van der Waals surface area contributed by atoms with Crippen LogP contribution in [0.25, 0.3) is 10.9 Å². The predicted molar refractivity (Wildman–Crippen MR) is 179 cm³/mol. The molecule has 2 aromatic rings. The number of aliphatic carboxylic acids is 1. The highest BCUT2D eigenvalue weighted by Gasteiger charge is 2.54. The number of carbonyl (C=O) groups is 6. The summed E-state index contributed by atoms with van der Waals surface area (Å²) in [7, 11) is 1.21. The van der Waals surface area contributed by atoms with Crippen LogP contribution in [0.2, 0.25) is 0 Å². The van der Waals surface area contributed by atoms with Crippen molar-refractivity contribution in [2.24, 2.45) is 11.8 Å². The zero-order valence-corrected chi connectivity index (χ0v) is 29.7. The van der Waals surface area contributed by atoms with Gasteiger partial charge in [-0.25, -0.2) is 4.79 Å². The third-order valence-corrected chi connectivity index (χ3v) is 9.21. The minimum absolute atomic E-state index is 0.107. The molecule has 0 saturated carbocycles. The number of fused-ring (bicyclic) bond motifs is 3. The number of carbonyl (C=O) groups excluding carboxylic acids is 5. The van der Waals surface area contributed by atoms with Crippen molar-refractivity contribution >= 4 is 46.7 Å². The molecule has 4 heterocycles. The molecule has 17 nitrogen and oxygen atoms in total. The van der Waals surface area contributed by atoms with Crippen molar-refractivity contribution in [3.63, 3.8) is 0 Å². The minimum Gasteiger partial charge on any atom is -0.480 e. The topological polar surface area (TPSA) is 224 Å². The van der Waals surface area contributed by atoms with Crippen molar-refractivity contribution in [3.8, 4) is 0 Å². The Morgan fingerprint density at radius 1 is 0.925 bits per heavy atom. The van der Waals surface area contributed by atoms with E-state index in [-0.39, 0.29) is 18.4 Å². The quantitative estimate of drug-likeness (QED) is 0.161. The van der Waals surface area contributed by atoms with Crippen molar-refractivity contribution in [1.29, 1.82) is 0 Å². The first-order valence-corrected chi connectivity index (χ1v) is 16.8. The molecular formula is C36H42N2O15. The molecule has 286 valence electrons. The van der Waals surface area contributed by atoms with Crippen molar-refractivity contribution < 1.29 is 71.8 Å². The average Bonchev–Trinajstić information content (AvgIpc) is 3.48. The Kier molecular flexibility index (Phi) is 12.2. The summed E-state index contributed by atoms with van der Waals surface area (Å²) in [5, 5.41) is 14.1. The Morgan fingerprint density at radius 3 is 2.21 bits per heavy atom. The summed E-state index contributed by atoms with van der Waals surface area (Å²) in [5.41, 5.74) is 2.50. The first-order valence-electron chi connectivity index (χ1n) is 16.8. The third kappa shape index (κ3) is 8.69. The van der Waals surface area contributed by atoms with Gasteiger partial charge < -0.3 is 48.0 Å². The predicted octanol–water partition coefficient (Wildman–Crippen LogP) is 2.13. The van der Waals surface area contributed by atoms with E-state index >= 15 is 0 Å². The van der Waals surface area contributed by atoms with Gasteiger partial charge in [0.15, 0.2) is 18.3 Å². The maximum absolute atomic E-state index is 13.2. The molecule has 0 aliphatic carbocycles. The number of benzene rings is 1. The number of para-hydroxylation sites is 1.